The second-order valence-electron chi connectivity index (χ2n) is 10.6. The Kier molecular flexibility index (Phi) is 8.44. The molecule has 1 aliphatic rings. The third-order valence-electron chi connectivity index (χ3n) is 7.86. The van der Waals surface area contributed by atoms with E-state index < -0.39 is 27.9 Å². The Hall–Kier alpha value is -4.93. The highest BCUT2D eigenvalue weighted by Gasteiger charge is 2.43. The molecule has 2 amide bonds. The number of sulfonamides is 1. The quantitative estimate of drug-likeness (QED) is 0.286. The van der Waals surface area contributed by atoms with Gasteiger partial charge in [0, 0.05) is 50.2 Å². The van der Waals surface area contributed by atoms with Gasteiger partial charge in [0.2, 0.25) is 21.8 Å². The van der Waals surface area contributed by atoms with E-state index in [1.807, 2.05) is 60.7 Å². The topological polar surface area (TPSA) is 113 Å². The zero-order valence-electron chi connectivity index (χ0n) is 23.9. The van der Waals surface area contributed by atoms with Crippen molar-refractivity contribution in [2.24, 2.45) is 0 Å². The summed E-state index contributed by atoms with van der Waals surface area (Å²) >= 11 is 0. The van der Waals surface area contributed by atoms with Crippen LogP contribution in [0, 0.1) is 0 Å². The first-order valence-corrected chi connectivity index (χ1v) is 15.8. The lowest BCUT2D eigenvalue weighted by Crippen LogP contribution is -2.61. The van der Waals surface area contributed by atoms with E-state index in [2.05, 4.69) is 15.3 Å². The smallest absolute Gasteiger partial charge is 0.246 e. The first kappa shape index (κ1) is 29.2. The van der Waals surface area contributed by atoms with Crippen molar-refractivity contribution >= 4 is 32.7 Å². The van der Waals surface area contributed by atoms with Crippen LogP contribution in [-0.2, 0) is 26.2 Å². The summed E-state index contributed by atoms with van der Waals surface area (Å²) in [5.74, 6) is -1.30. The van der Waals surface area contributed by atoms with Gasteiger partial charge >= 0.3 is 0 Å². The molecule has 0 bridgehead atoms. The van der Waals surface area contributed by atoms with E-state index in [1.165, 1.54) is 10.4 Å². The first-order chi connectivity index (χ1) is 21.4. The number of piperazine rings is 1. The Morgan fingerprint density at radius 2 is 1.45 bits per heavy atom. The summed E-state index contributed by atoms with van der Waals surface area (Å²) in [6.45, 7) is 0.155. The van der Waals surface area contributed by atoms with E-state index in [4.69, 9.17) is 0 Å². The number of fused-ring (bicyclic) bond motifs is 1. The van der Waals surface area contributed by atoms with Gasteiger partial charge in [-0.3, -0.25) is 19.6 Å². The normalized spacial score (nSPS) is 15.8. The van der Waals surface area contributed by atoms with E-state index in [1.54, 1.807) is 59.9 Å². The fourth-order valence-electron chi connectivity index (χ4n) is 5.64. The Morgan fingerprint density at radius 3 is 2.14 bits per heavy atom. The highest BCUT2D eigenvalue weighted by Crippen LogP contribution is 2.31. The molecule has 1 saturated heterocycles. The lowest BCUT2D eigenvalue weighted by molar-refractivity contribution is -0.136. The predicted molar refractivity (Wildman–Crippen MR) is 167 cm³/mol. The van der Waals surface area contributed by atoms with Crippen molar-refractivity contribution in [1.82, 2.24) is 24.5 Å². The van der Waals surface area contributed by atoms with E-state index >= 15 is 0 Å². The molecule has 1 unspecified atom stereocenters. The number of nitrogens with one attached hydrogen (secondary N) is 1. The summed E-state index contributed by atoms with van der Waals surface area (Å²) in [6, 6.07) is 29.9. The highest BCUT2D eigenvalue weighted by molar-refractivity contribution is 7.89. The van der Waals surface area contributed by atoms with Gasteiger partial charge in [-0.1, -0.05) is 78.9 Å². The van der Waals surface area contributed by atoms with Crippen LogP contribution in [-0.4, -0.2) is 65.1 Å². The molecule has 1 fully saturated rings. The van der Waals surface area contributed by atoms with Crippen molar-refractivity contribution in [2.75, 3.05) is 19.6 Å². The van der Waals surface area contributed by atoms with Gasteiger partial charge in [-0.05, 0) is 41.0 Å². The Labute approximate surface area is 256 Å². The van der Waals surface area contributed by atoms with Crippen LogP contribution in [0.25, 0.3) is 10.9 Å². The molecular formula is C34H31N5O4S. The van der Waals surface area contributed by atoms with Gasteiger partial charge in [0.15, 0.2) is 0 Å². The predicted octanol–water partition coefficient (Wildman–Crippen LogP) is 3.98. The van der Waals surface area contributed by atoms with Crippen molar-refractivity contribution in [1.29, 1.82) is 0 Å². The van der Waals surface area contributed by atoms with Crippen LogP contribution in [0.2, 0.25) is 0 Å². The first-order valence-electron chi connectivity index (χ1n) is 14.3. The van der Waals surface area contributed by atoms with Gasteiger partial charge in [-0.2, -0.15) is 4.31 Å². The van der Waals surface area contributed by atoms with Crippen LogP contribution >= 0.6 is 0 Å². The standard InChI is InChI=1S/C34H31N5O4S/c40-33(37-23-25-16-19-35-20-17-25)29-24-38(34(41)31(26-9-3-1-4-10-26)27-11-5-2-6-12-27)21-22-39(29)44(42,43)30-15-7-13-28-14-8-18-36-32(28)30/h1-20,29,31H,21-24H2,(H,37,40). The van der Waals surface area contributed by atoms with Crippen LogP contribution in [0.5, 0.6) is 0 Å². The number of hydrogen-bond donors (Lipinski definition) is 1. The van der Waals surface area contributed by atoms with E-state index in [9.17, 15) is 18.0 Å². The summed E-state index contributed by atoms with van der Waals surface area (Å²) in [4.78, 5) is 38.1. The zero-order valence-corrected chi connectivity index (χ0v) is 24.7. The zero-order chi connectivity index (χ0) is 30.5. The molecule has 0 aliphatic carbocycles. The Morgan fingerprint density at radius 1 is 0.795 bits per heavy atom. The lowest BCUT2D eigenvalue weighted by atomic mass is 9.89. The highest BCUT2D eigenvalue weighted by atomic mass is 32.2. The molecule has 3 heterocycles. The third kappa shape index (κ3) is 5.95. The van der Waals surface area contributed by atoms with Crippen LogP contribution < -0.4 is 5.32 Å². The fourth-order valence-corrected chi connectivity index (χ4v) is 7.37. The van der Waals surface area contributed by atoms with Crippen LogP contribution in [0.15, 0.2) is 127 Å². The number of aromatic nitrogens is 2. The number of para-hydroxylation sites is 1. The number of rotatable bonds is 8. The van der Waals surface area contributed by atoms with E-state index in [0.717, 1.165) is 16.7 Å². The van der Waals surface area contributed by atoms with Crippen molar-refractivity contribution < 1.29 is 18.0 Å². The van der Waals surface area contributed by atoms with E-state index in [0.29, 0.717) is 10.9 Å². The minimum absolute atomic E-state index is 0.0220. The molecule has 0 spiro atoms. The third-order valence-corrected chi connectivity index (χ3v) is 9.80. The Bertz CT molecular complexity index is 1830. The van der Waals surface area contributed by atoms with Crippen LogP contribution in [0.3, 0.4) is 0 Å². The summed E-state index contributed by atoms with van der Waals surface area (Å²) in [5.41, 5.74) is 2.79. The molecule has 222 valence electrons. The van der Waals surface area contributed by atoms with Crippen LogP contribution in [0.4, 0.5) is 0 Å². The largest absolute Gasteiger partial charge is 0.351 e. The fraction of sp³-hybridized carbons (Fsp3) is 0.176. The maximum absolute atomic E-state index is 14.3. The maximum Gasteiger partial charge on any atom is 0.246 e. The number of nitrogens with zero attached hydrogens (tertiary/aromatic N) is 4. The molecule has 1 atom stereocenters. The SMILES string of the molecule is O=C(NCc1ccncc1)C1CN(C(=O)C(c2ccccc2)c2ccccc2)CCN1S(=O)(=O)c1cccc2cccnc12. The summed E-state index contributed by atoms with van der Waals surface area (Å²) in [7, 11) is -4.18. The number of carbonyl (C=O) groups excluding carboxylic acids is 2. The van der Waals surface area contributed by atoms with Gasteiger partial charge < -0.3 is 10.2 Å². The summed E-state index contributed by atoms with van der Waals surface area (Å²) < 4.78 is 29.7. The van der Waals surface area contributed by atoms with E-state index in [-0.39, 0.29) is 37.0 Å². The second kappa shape index (κ2) is 12.7. The number of benzene rings is 3. The molecule has 0 radical (unpaired) electrons. The van der Waals surface area contributed by atoms with Gasteiger partial charge in [-0.15, -0.1) is 0 Å². The van der Waals surface area contributed by atoms with Crippen molar-refractivity contribution in [3.8, 4) is 0 Å². The average Bonchev–Trinajstić information content (AvgIpc) is 3.08. The van der Waals surface area contributed by atoms with Gasteiger partial charge in [0.05, 0.1) is 11.4 Å². The number of amides is 2. The molecule has 1 N–H and O–H groups in total. The number of carbonyl (C=O) groups is 2. The maximum atomic E-state index is 14.3. The second-order valence-corrected chi connectivity index (χ2v) is 12.4. The molecule has 3 aromatic carbocycles. The molecule has 1 aliphatic heterocycles. The van der Waals surface area contributed by atoms with Crippen molar-refractivity contribution in [2.45, 2.75) is 23.4 Å². The molecule has 5 aromatic rings. The van der Waals surface area contributed by atoms with Gasteiger partial charge in [0.1, 0.15) is 10.9 Å². The summed E-state index contributed by atoms with van der Waals surface area (Å²) in [5, 5.41) is 3.56. The molecular weight excluding hydrogens is 574 g/mol. The number of hydrogen-bond acceptors (Lipinski definition) is 6. The summed E-state index contributed by atoms with van der Waals surface area (Å²) in [6.07, 6.45) is 4.80. The van der Waals surface area contributed by atoms with Gasteiger partial charge in [-0.25, -0.2) is 8.42 Å². The molecule has 9 nitrogen and oxygen atoms in total. The minimum atomic E-state index is -4.18. The van der Waals surface area contributed by atoms with Gasteiger partial charge in [0.25, 0.3) is 0 Å². The molecule has 6 rings (SSSR count). The molecule has 44 heavy (non-hydrogen) atoms. The molecule has 0 saturated carbocycles. The monoisotopic (exact) mass is 605 g/mol. The Balaban J connectivity index is 1.34. The number of pyridine rings is 2. The minimum Gasteiger partial charge on any atom is -0.351 e. The molecule has 10 heteroatoms. The lowest BCUT2D eigenvalue weighted by Gasteiger charge is -2.41. The molecule has 2 aromatic heterocycles. The van der Waals surface area contributed by atoms with Crippen molar-refractivity contribution in [3.05, 3.63) is 138 Å². The average molecular weight is 606 g/mol. The van der Waals surface area contributed by atoms with Crippen LogP contribution in [0.1, 0.15) is 22.6 Å². The van der Waals surface area contributed by atoms with Crippen molar-refractivity contribution in [3.63, 3.8) is 0 Å².